The summed E-state index contributed by atoms with van der Waals surface area (Å²) in [4.78, 5) is 40.8. The molecule has 1 aromatic carbocycles. The minimum atomic E-state index is -1.20. The third-order valence-electron chi connectivity index (χ3n) is 6.32. The highest BCUT2D eigenvalue weighted by Gasteiger charge is 2.38. The number of nitrogen functional groups attached to an aromatic ring is 1. The molecule has 12 heteroatoms. The van der Waals surface area contributed by atoms with Crippen LogP contribution in [0.5, 0.6) is 5.75 Å². The summed E-state index contributed by atoms with van der Waals surface area (Å²) in [5.74, 6) is -0.496. The zero-order valence-corrected chi connectivity index (χ0v) is 22.8. The number of furan rings is 1. The molecule has 208 valence electrons. The second-order valence-electron chi connectivity index (χ2n) is 9.24. The number of primary amides is 1. The van der Waals surface area contributed by atoms with Gasteiger partial charge in [0.25, 0.3) is 17.7 Å². The molecule has 3 amide bonds. The van der Waals surface area contributed by atoms with Crippen LogP contribution in [0.25, 0.3) is 0 Å². The number of benzene rings is 1. The third-order valence-corrected chi connectivity index (χ3v) is 7.17. The lowest BCUT2D eigenvalue weighted by atomic mass is 10.1. The number of nitrogens with zero attached hydrogens (tertiary/aromatic N) is 2. The minimum absolute atomic E-state index is 0.0210. The van der Waals surface area contributed by atoms with Crippen LogP contribution in [0.15, 0.2) is 40.8 Å². The molecule has 0 saturated carbocycles. The highest BCUT2D eigenvalue weighted by atomic mass is 32.1. The zero-order chi connectivity index (χ0) is 27.9. The number of ether oxygens (including phenoxy) is 2. The number of hydrogen-bond donors (Lipinski definition) is 3. The van der Waals surface area contributed by atoms with Crippen LogP contribution in [0.3, 0.4) is 0 Å². The summed E-state index contributed by atoms with van der Waals surface area (Å²) in [6.45, 7) is 5.32. The van der Waals surface area contributed by atoms with Gasteiger partial charge in [-0.15, -0.1) is 0 Å². The second kappa shape index (κ2) is 12.8. The molecule has 0 spiro atoms. The maximum atomic E-state index is 14.1. The Morgan fingerprint density at radius 3 is 2.59 bits per heavy atom. The fourth-order valence-electron chi connectivity index (χ4n) is 4.25. The van der Waals surface area contributed by atoms with Crippen molar-refractivity contribution in [2.24, 2.45) is 5.73 Å². The third kappa shape index (κ3) is 6.58. The van der Waals surface area contributed by atoms with Gasteiger partial charge in [0, 0.05) is 18.8 Å². The van der Waals surface area contributed by atoms with Crippen LogP contribution in [-0.2, 0) is 9.53 Å². The number of hydrogen-bond acceptors (Lipinski definition) is 9. The van der Waals surface area contributed by atoms with Crippen molar-refractivity contribution in [1.82, 2.24) is 9.69 Å². The summed E-state index contributed by atoms with van der Waals surface area (Å²) in [7, 11) is 0. The summed E-state index contributed by atoms with van der Waals surface area (Å²) >= 11 is 0.742. The van der Waals surface area contributed by atoms with Gasteiger partial charge in [0.1, 0.15) is 22.1 Å². The van der Waals surface area contributed by atoms with Crippen LogP contribution in [0.4, 0.5) is 11.4 Å². The Balaban J connectivity index is 1.74. The maximum absolute atomic E-state index is 14.1. The van der Waals surface area contributed by atoms with Crippen LogP contribution in [-0.4, -0.2) is 48.0 Å². The van der Waals surface area contributed by atoms with Gasteiger partial charge in [0.15, 0.2) is 11.7 Å². The lowest BCUT2D eigenvalue weighted by Crippen LogP contribution is -2.45. The Bertz CT molecular complexity index is 1300. The van der Waals surface area contributed by atoms with Crippen molar-refractivity contribution in [3.8, 4) is 5.75 Å². The first-order valence-corrected chi connectivity index (χ1v) is 13.6. The molecule has 3 aromatic rings. The summed E-state index contributed by atoms with van der Waals surface area (Å²) in [6, 6.07) is 8.99. The van der Waals surface area contributed by atoms with Gasteiger partial charge in [0.2, 0.25) is 0 Å². The molecular formula is C27H33N5O6S. The Kier molecular flexibility index (Phi) is 9.20. The number of carbonyl (C=O) groups is 3. The van der Waals surface area contributed by atoms with E-state index in [0.29, 0.717) is 30.4 Å². The number of amides is 3. The van der Waals surface area contributed by atoms with E-state index in [9.17, 15) is 14.4 Å². The smallest absolute Gasteiger partial charge is 0.273 e. The lowest BCUT2D eigenvalue weighted by Gasteiger charge is -2.30. The number of nitrogens with one attached hydrogen (secondary N) is 1. The van der Waals surface area contributed by atoms with Crippen LogP contribution in [0.1, 0.15) is 70.3 Å². The van der Waals surface area contributed by atoms with Crippen molar-refractivity contribution in [2.75, 3.05) is 30.4 Å². The van der Waals surface area contributed by atoms with Crippen molar-refractivity contribution in [1.29, 1.82) is 0 Å². The molecule has 2 unspecified atom stereocenters. The van der Waals surface area contributed by atoms with Gasteiger partial charge in [-0.25, -0.2) is 0 Å². The lowest BCUT2D eigenvalue weighted by molar-refractivity contribution is -0.123. The average molecular weight is 556 g/mol. The monoisotopic (exact) mass is 555 g/mol. The van der Waals surface area contributed by atoms with Crippen molar-refractivity contribution in [3.63, 3.8) is 0 Å². The minimum Gasteiger partial charge on any atom is -0.494 e. The molecule has 2 atom stereocenters. The van der Waals surface area contributed by atoms with Crippen molar-refractivity contribution >= 4 is 40.6 Å². The van der Waals surface area contributed by atoms with E-state index in [4.69, 9.17) is 25.4 Å². The first-order chi connectivity index (χ1) is 18.8. The average Bonchev–Trinajstić information content (AvgIpc) is 3.68. The van der Waals surface area contributed by atoms with E-state index in [1.807, 2.05) is 0 Å². The Hall–Kier alpha value is -3.90. The van der Waals surface area contributed by atoms with Gasteiger partial charge >= 0.3 is 0 Å². The molecule has 11 nitrogen and oxygen atoms in total. The SMILES string of the molecule is CCCCOc1ccc(N(C(=O)c2snc(C(N)=O)c2N)C(C(=O)NCC2CCCO2)c2ccc(C)o2)cc1. The molecule has 5 N–H and O–H groups in total. The summed E-state index contributed by atoms with van der Waals surface area (Å²) in [5, 5.41) is 2.91. The maximum Gasteiger partial charge on any atom is 0.273 e. The topological polar surface area (TPSA) is 163 Å². The largest absolute Gasteiger partial charge is 0.494 e. The fraction of sp³-hybridized carbons (Fsp3) is 0.407. The quantitative estimate of drug-likeness (QED) is 0.286. The zero-order valence-electron chi connectivity index (χ0n) is 22.0. The van der Waals surface area contributed by atoms with E-state index in [0.717, 1.165) is 37.2 Å². The second-order valence-corrected chi connectivity index (χ2v) is 10.0. The molecule has 0 bridgehead atoms. The first kappa shape index (κ1) is 28.1. The van der Waals surface area contributed by atoms with Crippen molar-refractivity contribution in [3.05, 3.63) is 58.5 Å². The van der Waals surface area contributed by atoms with Gasteiger partial charge in [-0.1, -0.05) is 13.3 Å². The molecule has 39 heavy (non-hydrogen) atoms. The Morgan fingerprint density at radius 1 is 1.23 bits per heavy atom. The van der Waals surface area contributed by atoms with E-state index < -0.39 is 23.8 Å². The number of carbonyl (C=O) groups excluding carboxylic acids is 3. The predicted molar refractivity (Wildman–Crippen MR) is 147 cm³/mol. The van der Waals surface area contributed by atoms with Crippen molar-refractivity contribution in [2.45, 2.75) is 51.7 Å². The number of nitrogens with two attached hydrogens (primary N) is 2. The Morgan fingerprint density at radius 2 is 2.00 bits per heavy atom. The first-order valence-electron chi connectivity index (χ1n) is 12.9. The van der Waals surface area contributed by atoms with Gasteiger partial charge in [-0.3, -0.25) is 19.3 Å². The molecule has 0 radical (unpaired) electrons. The Labute approximate surface area is 230 Å². The summed E-state index contributed by atoms with van der Waals surface area (Å²) < 4.78 is 21.3. The molecule has 4 rings (SSSR count). The fourth-order valence-corrected chi connectivity index (χ4v) is 4.99. The molecule has 0 aliphatic carbocycles. The summed E-state index contributed by atoms with van der Waals surface area (Å²) in [6.07, 6.45) is 3.55. The van der Waals surface area contributed by atoms with E-state index >= 15 is 0 Å². The van der Waals surface area contributed by atoms with Gasteiger partial charge in [0.05, 0.1) is 18.4 Å². The van der Waals surface area contributed by atoms with Gasteiger partial charge < -0.3 is 30.7 Å². The highest BCUT2D eigenvalue weighted by Crippen LogP contribution is 2.34. The molecular weight excluding hydrogens is 522 g/mol. The van der Waals surface area contributed by atoms with E-state index in [-0.39, 0.29) is 34.7 Å². The van der Waals surface area contributed by atoms with E-state index in [2.05, 4.69) is 16.6 Å². The molecule has 1 fully saturated rings. The van der Waals surface area contributed by atoms with Crippen LogP contribution >= 0.6 is 11.5 Å². The van der Waals surface area contributed by atoms with Crippen molar-refractivity contribution < 1.29 is 28.3 Å². The molecule has 1 aliphatic rings. The normalized spacial score (nSPS) is 15.6. The number of aromatic nitrogens is 1. The van der Waals surface area contributed by atoms with Crippen LogP contribution in [0.2, 0.25) is 0 Å². The molecule has 1 aliphatic heterocycles. The highest BCUT2D eigenvalue weighted by molar-refractivity contribution is 7.09. The predicted octanol–water partition coefficient (Wildman–Crippen LogP) is 3.59. The van der Waals surface area contributed by atoms with Crippen LogP contribution < -0.4 is 26.4 Å². The van der Waals surface area contributed by atoms with E-state index in [1.54, 1.807) is 43.3 Å². The molecule has 2 aromatic heterocycles. The van der Waals surface area contributed by atoms with Gasteiger partial charge in [-0.2, -0.15) is 4.37 Å². The van der Waals surface area contributed by atoms with Gasteiger partial charge in [-0.05, 0) is 74.1 Å². The molecule has 3 heterocycles. The molecule has 1 saturated heterocycles. The van der Waals surface area contributed by atoms with E-state index in [1.165, 1.54) is 4.90 Å². The summed E-state index contributed by atoms with van der Waals surface area (Å²) in [5.41, 5.74) is 11.5. The number of anilines is 2. The number of aryl methyl sites for hydroxylation is 1. The van der Waals surface area contributed by atoms with Crippen LogP contribution in [0, 0.1) is 6.92 Å². The standard InChI is InChI=1S/C27H33N5O6S/c1-3-4-13-36-18-10-8-17(9-11-18)32(27(35)24-21(28)22(25(29)33)31-39-24)23(20-12-7-16(2)38-20)26(34)30-15-19-6-5-14-37-19/h7-12,19,23H,3-6,13-15,28H2,1-2H3,(H2,29,33)(H,30,34). The number of unbranched alkanes of at least 4 members (excludes halogenated alkanes) is 1. The number of rotatable bonds is 12.